The number of methoxy groups -OCH3 is 2. The Balaban J connectivity index is 1.41. The number of fused-ring (bicyclic) bond motifs is 1. The lowest BCUT2D eigenvalue weighted by atomic mass is 9.97. The van der Waals surface area contributed by atoms with Crippen molar-refractivity contribution in [1.82, 2.24) is 14.5 Å². The normalized spacial score (nSPS) is 15.7. The number of H-pyrrole nitrogens is 1. The molecule has 9 nitrogen and oxygen atoms in total. The van der Waals surface area contributed by atoms with E-state index in [2.05, 4.69) is 15.5 Å². The quantitative estimate of drug-likeness (QED) is 0.604. The number of nitrogens with one attached hydrogen (secondary N) is 2. The molecule has 1 aromatic heterocycles. The van der Waals surface area contributed by atoms with Gasteiger partial charge in [0.1, 0.15) is 0 Å². The number of hydrogen-bond acceptors (Lipinski definition) is 6. The van der Waals surface area contributed by atoms with Gasteiger partial charge in [0.15, 0.2) is 11.5 Å². The maximum absolute atomic E-state index is 13.0. The SMILES string of the molecule is COc1ccc(S(=O)(=O)N2CCC(C(=O)Nc3ccc4[nH]ncc4c3)CC2)cc1OC. The topological polar surface area (TPSA) is 114 Å². The molecule has 0 atom stereocenters. The molecule has 1 aliphatic rings. The van der Waals surface area contributed by atoms with Crippen LogP contribution in [-0.4, -0.2) is 56.1 Å². The molecule has 1 saturated heterocycles. The van der Waals surface area contributed by atoms with Crippen molar-refractivity contribution < 1.29 is 22.7 Å². The maximum atomic E-state index is 13.0. The number of piperidine rings is 1. The van der Waals surface area contributed by atoms with E-state index >= 15 is 0 Å². The van der Waals surface area contributed by atoms with E-state index in [1.54, 1.807) is 12.3 Å². The number of sulfonamides is 1. The number of carbonyl (C=O) groups is 1. The van der Waals surface area contributed by atoms with Gasteiger partial charge in [-0.25, -0.2) is 8.42 Å². The van der Waals surface area contributed by atoms with Crippen LogP contribution in [0.5, 0.6) is 11.5 Å². The van der Waals surface area contributed by atoms with E-state index in [-0.39, 0.29) is 29.8 Å². The minimum absolute atomic E-state index is 0.106. The number of ether oxygens (including phenoxy) is 2. The lowest BCUT2D eigenvalue weighted by Crippen LogP contribution is -2.41. The molecule has 0 aliphatic carbocycles. The van der Waals surface area contributed by atoms with Crippen LogP contribution in [0.2, 0.25) is 0 Å². The van der Waals surface area contributed by atoms with Crippen LogP contribution in [0.3, 0.4) is 0 Å². The van der Waals surface area contributed by atoms with Crippen LogP contribution >= 0.6 is 0 Å². The highest BCUT2D eigenvalue weighted by molar-refractivity contribution is 7.89. The summed E-state index contributed by atoms with van der Waals surface area (Å²) in [5.41, 5.74) is 1.59. The molecule has 0 spiro atoms. The fraction of sp³-hybridized carbons (Fsp3) is 0.333. The van der Waals surface area contributed by atoms with Gasteiger partial charge >= 0.3 is 0 Å². The summed E-state index contributed by atoms with van der Waals surface area (Å²) in [6.07, 6.45) is 2.60. The molecule has 10 heteroatoms. The van der Waals surface area contributed by atoms with Crippen LogP contribution in [0, 0.1) is 5.92 Å². The van der Waals surface area contributed by atoms with Gasteiger partial charge in [0.25, 0.3) is 0 Å². The third kappa shape index (κ3) is 4.21. The van der Waals surface area contributed by atoms with Crippen molar-refractivity contribution >= 4 is 32.5 Å². The summed E-state index contributed by atoms with van der Waals surface area (Å²) in [5.74, 6) is 0.459. The molecule has 164 valence electrons. The lowest BCUT2D eigenvalue weighted by Gasteiger charge is -2.30. The Kier molecular flexibility index (Phi) is 5.84. The van der Waals surface area contributed by atoms with Crippen LogP contribution in [0.25, 0.3) is 10.9 Å². The molecule has 2 N–H and O–H groups in total. The summed E-state index contributed by atoms with van der Waals surface area (Å²) in [5, 5.41) is 10.7. The molecule has 31 heavy (non-hydrogen) atoms. The molecule has 0 saturated carbocycles. The van der Waals surface area contributed by atoms with E-state index in [9.17, 15) is 13.2 Å². The number of anilines is 1. The first-order chi connectivity index (χ1) is 14.9. The molecule has 2 heterocycles. The molecule has 1 aliphatic heterocycles. The first-order valence-electron chi connectivity index (χ1n) is 9.88. The Morgan fingerprint density at radius 3 is 2.55 bits per heavy atom. The van der Waals surface area contributed by atoms with Gasteiger partial charge in [-0.2, -0.15) is 9.40 Å². The summed E-state index contributed by atoms with van der Waals surface area (Å²) >= 11 is 0. The van der Waals surface area contributed by atoms with Crippen LogP contribution in [0.15, 0.2) is 47.5 Å². The molecule has 1 amide bonds. The van der Waals surface area contributed by atoms with Gasteiger partial charge in [0.2, 0.25) is 15.9 Å². The Morgan fingerprint density at radius 1 is 1.10 bits per heavy atom. The van der Waals surface area contributed by atoms with E-state index in [1.807, 2.05) is 18.2 Å². The molecule has 0 radical (unpaired) electrons. The van der Waals surface area contributed by atoms with Crippen molar-refractivity contribution in [3.63, 3.8) is 0 Å². The Hall–Kier alpha value is -3.11. The van der Waals surface area contributed by atoms with Crippen LogP contribution in [0.1, 0.15) is 12.8 Å². The zero-order valence-electron chi connectivity index (χ0n) is 17.3. The van der Waals surface area contributed by atoms with E-state index in [0.717, 1.165) is 10.9 Å². The van der Waals surface area contributed by atoms with Crippen LogP contribution < -0.4 is 14.8 Å². The molecular formula is C21H24N4O5S. The van der Waals surface area contributed by atoms with Crippen LogP contribution in [0.4, 0.5) is 5.69 Å². The van der Waals surface area contributed by atoms with Crippen molar-refractivity contribution in [2.75, 3.05) is 32.6 Å². The van der Waals surface area contributed by atoms with Gasteiger partial charge in [-0.1, -0.05) is 0 Å². The summed E-state index contributed by atoms with van der Waals surface area (Å²) < 4.78 is 37.9. The molecule has 3 aromatic rings. The zero-order valence-corrected chi connectivity index (χ0v) is 18.1. The summed E-state index contributed by atoms with van der Waals surface area (Å²) in [7, 11) is -0.734. The van der Waals surface area contributed by atoms with E-state index < -0.39 is 10.0 Å². The number of rotatable bonds is 6. The molecule has 4 rings (SSSR count). The van der Waals surface area contributed by atoms with Gasteiger partial charge in [-0.3, -0.25) is 9.89 Å². The van der Waals surface area contributed by atoms with Gasteiger partial charge in [-0.15, -0.1) is 0 Å². The predicted molar refractivity (Wildman–Crippen MR) is 116 cm³/mol. The first kappa shape index (κ1) is 21.1. The van der Waals surface area contributed by atoms with Gasteiger partial charge in [0, 0.05) is 36.1 Å². The molecule has 1 fully saturated rings. The Labute approximate surface area is 180 Å². The van der Waals surface area contributed by atoms with E-state index in [0.29, 0.717) is 30.0 Å². The number of benzene rings is 2. The number of aromatic amines is 1. The predicted octanol–water partition coefficient (Wildman–Crippen LogP) is 2.62. The van der Waals surface area contributed by atoms with Crippen molar-refractivity contribution in [2.45, 2.75) is 17.7 Å². The minimum atomic E-state index is -3.69. The third-order valence-corrected chi connectivity index (χ3v) is 7.42. The molecule has 2 aromatic carbocycles. The van der Waals surface area contributed by atoms with Crippen LogP contribution in [-0.2, 0) is 14.8 Å². The van der Waals surface area contributed by atoms with Gasteiger partial charge in [0.05, 0.1) is 30.8 Å². The highest BCUT2D eigenvalue weighted by Gasteiger charge is 2.32. The average Bonchev–Trinajstić information content (AvgIpc) is 3.26. The minimum Gasteiger partial charge on any atom is -0.493 e. The number of hydrogen-bond donors (Lipinski definition) is 2. The van der Waals surface area contributed by atoms with Crippen molar-refractivity contribution in [3.8, 4) is 11.5 Å². The van der Waals surface area contributed by atoms with Crippen molar-refractivity contribution in [1.29, 1.82) is 0 Å². The average molecular weight is 445 g/mol. The molecule has 0 unspecified atom stereocenters. The number of nitrogens with zero attached hydrogens (tertiary/aromatic N) is 2. The second kappa shape index (κ2) is 8.56. The zero-order chi connectivity index (χ0) is 22.0. The van der Waals surface area contributed by atoms with Gasteiger partial charge < -0.3 is 14.8 Å². The number of amides is 1. The second-order valence-corrected chi connectivity index (χ2v) is 9.29. The van der Waals surface area contributed by atoms with E-state index in [4.69, 9.17) is 9.47 Å². The maximum Gasteiger partial charge on any atom is 0.243 e. The number of carbonyl (C=O) groups excluding carboxylic acids is 1. The highest BCUT2D eigenvalue weighted by atomic mass is 32.2. The summed E-state index contributed by atoms with van der Waals surface area (Å²) in [6.45, 7) is 0.547. The molecule has 0 bridgehead atoms. The lowest BCUT2D eigenvalue weighted by molar-refractivity contribution is -0.120. The Bertz CT molecular complexity index is 1200. The molecular weight excluding hydrogens is 420 g/mol. The first-order valence-corrected chi connectivity index (χ1v) is 11.3. The van der Waals surface area contributed by atoms with Crippen molar-refractivity contribution in [2.24, 2.45) is 5.92 Å². The standard InChI is InChI=1S/C21H24N4O5S/c1-29-19-6-4-17(12-20(19)30-2)31(27,28)25-9-7-14(8-10-25)21(26)23-16-3-5-18-15(11-16)13-22-24-18/h3-6,11-14H,7-10H2,1-2H3,(H,22,24)(H,23,26). The second-order valence-electron chi connectivity index (χ2n) is 7.36. The highest BCUT2D eigenvalue weighted by Crippen LogP contribution is 2.32. The number of aromatic nitrogens is 2. The third-order valence-electron chi connectivity index (χ3n) is 5.53. The Morgan fingerprint density at radius 2 is 1.84 bits per heavy atom. The summed E-state index contributed by atoms with van der Waals surface area (Å²) in [6, 6.07) is 10.1. The fourth-order valence-electron chi connectivity index (χ4n) is 3.75. The van der Waals surface area contributed by atoms with Gasteiger partial charge in [-0.05, 0) is 43.2 Å². The van der Waals surface area contributed by atoms with Crippen molar-refractivity contribution in [3.05, 3.63) is 42.6 Å². The largest absolute Gasteiger partial charge is 0.493 e. The summed E-state index contributed by atoms with van der Waals surface area (Å²) in [4.78, 5) is 12.8. The van der Waals surface area contributed by atoms with E-state index in [1.165, 1.54) is 30.7 Å². The monoisotopic (exact) mass is 444 g/mol. The fourth-order valence-corrected chi connectivity index (χ4v) is 5.23. The smallest absolute Gasteiger partial charge is 0.243 e.